The van der Waals surface area contributed by atoms with Gasteiger partial charge >= 0.3 is 0 Å². The zero-order chi connectivity index (χ0) is 13.8. The minimum atomic E-state index is -0.421. The Labute approximate surface area is 114 Å². The highest BCUT2D eigenvalue weighted by atomic mass is 16.3. The van der Waals surface area contributed by atoms with Gasteiger partial charge in [0.2, 0.25) is 0 Å². The van der Waals surface area contributed by atoms with E-state index in [1.54, 1.807) is 0 Å². The van der Waals surface area contributed by atoms with Crippen LogP contribution in [0.15, 0.2) is 48.5 Å². The lowest BCUT2D eigenvalue weighted by Gasteiger charge is -2.15. The first-order chi connectivity index (χ1) is 9.11. The van der Waals surface area contributed by atoms with Crippen LogP contribution in [0.5, 0.6) is 0 Å². The number of rotatable bonds is 3. The van der Waals surface area contributed by atoms with Crippen LogP contribution < -0.4 is 0 Å². The molecule has 2 aromatic rings. The van der Waals surface area contributed by atoms with E-state index in [0.717, 1.165) is 16.7 Å². The van der Waals surface area contributed by atoms with Crippen LogP contribution in [0.4, 0.5) is 0 Å². The third-order valence-corrected chi connectivity index (χ3v) is 3.23. The molecule has 0 bridgehead atoms. The Morgan fingerprint density at radius 3 is 1.79 bits per heavy atom. The number of benzene rings is 2. The number of hydrogen-bond acceptors (Lipinski definition) is 2. The van der Waals surface area contributed by atoms with E-state index < -0.39 is 6.10 Å². The van der Waals surface area contributed by atoms with E-state index in [-0.39, 0.29) is 5.92 Å². The Morgan fingerprint density at radius 1 is 0.895 bits per heavy atom. The summed E-state index contributed by atoms with van der Waals surface area (Å²) in [5.41, 5.74) is 3.76. The molecular weight excluding hydrogens is 234 g/mol. The first-order valence-electron chi connectivity index (χ1n) is 6.40. The highest BCUT2D eigenvalue weighted by molar-refractivity contribution is 5.64. The predicted molar refractivity (Wildman–Crippen MR) is 76.4 cm³/mol. The maximum absolute atomic E-state index is 9.99. The first-order valence-corrected chi connectivity index (χ1v) is 6.40. The lowest BCUT2D eigenvalue weighted by atomic mass is 9.96. The van der Waals surface area contributed by atoms with E-state index in [4.69, 9.17) is 5.26 Å². The maximum atomic E-state index is 9.99. The van der Waals surface area contributed by atoms with Gasteiger partial charge in [-0.05, 0) is 34.7 Å². The Hall–Kier alpha value is -2.11. The van der Waals surface area contributed by atoms with Crippen LogP contribution >= 0.6 is 0 Å². The molecule has 0 radical (unpaired) electrons. The molecule has 2 aromatic carbocycles. The van der Waals surface area contributed by atoms with E-state index in [1.165, 1.54) is 0 Å². The minimum absolute atomic E-state index is 0.209. The second-order valence-electron chi connectivity index (χ2n) is 5.00. The molecule has 96 valence electrons. The fourth-order valence-corrected chi connectivity index (χ4v) is 1.99. The van der Waals surface area contributed by atoms with Crippen molar-refractivity contribution in [2.45, 2.75) is 20.0 Å². The van der Waals surface area contributed by atoms with Crippen LogP contribution in [0, 0.1) is 17.2 Å². The lowest BCUT2D eigenvalue weighted by Crippen LogP contribution is -2.04. The molecule has 2 rings (SSSR count). The van der Waals surface area contributed by atoms with E-state index in [0.29, 0.717) is 5.56 Å². The van der Waals surface area contributed by atoms with Gasteiger partial charge in [0.1, 0.15) is 0 Å². The molecule has 0 saturated carbocycles. The molecule has 0 aliphatic carbocycles. The van der Waals surface area contributed by atoms with Crippen molar-refractivity contribution in [3.63, 3.8) is 0 Å². The number of aliphatic hydroxyl groups is 1. The molecule has 0 aliphatic rings. The molecule has 0 saturated heterocycles. The average molecular weight is 251 g/mol. The van der Waals surface area contributed by atoms with Crippen LogP contribution in [0.2, 0.25) is 0 Å². The van der Waals surface area contributed by atoms with Gasteiger partial charge in [0.05, 0.1) is 17.7 Å². The molecule has 0 amide bonds. The number of nitrogens with zero attached hydrogens (tertiary/aromatic N) is 1. The molecule has 1 unspecified atom stereocenters. The standard InChI is InChI=1S/C17H17NO/c1-12(2)17(19)16-9-7-15(8-10-16)14-5-3-13(11-18)4-6-14/h3-10,12,17,19H,1-2H3. The van der Waals surface area contributed by atoms with Crippen molar-refractivity contribution in [3.8, 4) is 17.2 Å². The summed E-state index contributed by atoms with van der Waals surface area (Å²) < 4.78 is 0. The van der Waals surface area contributed by atoms with Gasteiger partial charge in [-0.1, -0.05) is 50.2 Å². The van der Waals surface area contributed by atoms with Crippen molar-refractivity contribution in [3.05, 3.63) is 59.7 Å². The highest BCUT2D eigenvalue weighted by Crippen LogP contribution is 2.25. The normalized spacial score (nSPS) is 12.2. The first kappa shape index (κ1) is 13.3. The second-order valence-corrected chi connectivity index (χ2v) is 5.00. The van der Waals surface area contributed by atoms with Crippen LogP contribution in [0.25, 0.3) is 11.1 Å². The molecule has 0 heterocycles. The third kappa shape index (κ3) is 3.01. The number of nitriles is 1. The van der Waals surface area contributed by atoms with Crippen molar-refractivity contribution in [1.82, 2.24) is 0 Å². The van der Waals surface area contributed by atoms with Gasteiger partial charge in [-0.3, -0.25) is 0 Å². The Balaban J connectivity index is 2.25. The zero-order valence-electron chi connectivity index (χ0n) is 11.2. The smallest absolute Gasteiger partial charge is 0.0991 e. The molecule has 0 aromatic heterocycles. The summed E-state index contributed by atoms with van der Waals surface area (Å²) in [5, 5.41) is 18.8. The van der Waals surface area contributed by atoms with Gasteiger partial charge in [-0.25, -0.2) is 0 Å². The number of hydrogen-bond donors (Lipinski definition) is 1. The molecule has 19 heavy (non-hydrogen) atoms. The van der Waals surface area contributed by atoms with Crippen molar-refractivity contribution in [1.29, 1.82) is 5.26 Å². The fraction of sp³-hybridized carbons (Fsp3) is 0.235. The number of aliphatic hydroxyl groups excluding tert-OH is 1. The van der Waals surface area contributed by atoms with Crippen LogP contribution in [0.3, 0.4) is 0 Å². The summed E-state index contributed by atoms with van der Waals surface area (Å²) in [6.07, 6.45) is -0.421. The van der Waals surface area contributed by atoms with E-state index in [1.807, 2.05) is 62.4 Å². The van der Waals surface area contributed by atoms with Crippen LogP contribution in [-0.2, 0) is 0 Å². The van der Waals surface area contributed by atoms with Gasteiger partial charge < -0.3 is 5.11 Å². The summed E-state index contributed by atoms with van der Waals surface area (Å²) in [5.74, 6) is 0.209. The molecule has 1 N–H and O–H groups in total. The van der Waals surface area contributed by atoms with Gasteiger partial charge in [-0.15, -0.1) is 0 Å². The minimum Gasteiger partial charge on any atom is -0.388 e. The molecule has 2 nitrogen and oxygen atoms in total. The quantitative estimate of drug-likeness (QED) is 0.898. The Kier molecular flexibility index (Phi) is 3.99. The van der Waals surface area contributed by atoms with Gasteiger partial charge in [0, 0.05) is 0 Å². The Bertz CT molecular complexity index is 576. The van der Waals surface area contributed by atoms with Crippen molar-refractivity contribution < 1.29 is 5.11 Å². The monoisotopic (exact) mass is 251 g/mol. The van der Waals surface area contributed by atoms with Gasteiger partial charge in [0.25, 0.3) is 0 Å². The van der Waals surface area contributed by atoms with Gasteiger partial charge in [0.15, 0.2) is 0 Å². The summed E-state index contributed by atoms with van der Waals surface area (Å²) in [7, 11) is 0. The maximum Gasteiger partial charge on any atom is 0.0991 e. The second kappa shape index (κ2) is 5.69. The predicted octanol–water partition coefficient (Wildman–Crippen LogP) is 3.91. The van der Waals surface area contributed by atoms with E-state index >= 15 is 0 Å². The van der Waals surface area contributed by atoms with Crippen LogP contribution in [0.1, 0.15) is 31.1 Å². The Morgan fingerprint density at radius 2 is 1.37 bits per heavy atom. The van der Waals surface area contributed by atoms with Gasteiger partial charge in [-0.2, -0.15) is 5.26 Å². The fourth-order valence-electron chi connectivity index (χ4n) is 1.99. The van der Waals surface area contributed by atoms with Crippen LogP contribution in [-0.4, -0.2) is 5.11 Å². The highest BCUT2D eigenvalue weighted by Gasteiger charge is 2.11. The molecule has 0 spiro atoms. The molecular formula is C17H17NO. The molecule has 2 heteroatoms. The summed E-state index contributed by atoms with van der Waals surface area (Å²) in [4.78, 5) is 0. The van der Waals surface area contributed by atoms with Crippen molar-refractivity contribution in [2.75, 3.05) is 0 Å². The topological polar surface area (TPSA) is 44.0 Å². The lowest BCUT2D eigenvalue weighted by molar-refractivity contribution is 0.127. The molecule has 1 atom stereocenters. The van der Waals surface area contributed by atoms with E-state index in [2.05, 4.69) is 6.07 Å². The van der Waals surface area contributed by atoms with Crippen molar-refractivity contribution in [2.24, 2.45) is 5.92 Å². The van der Waals surface area contributed by atoms with Crippen molar-refractivity contribution >= 4 is 0 Å². The zero-order valence-corrected chi connectivity index (χ0v) is 11.2. The summed E-state index contributed by atoms with van der Waals surface area (Å²) in [6, 6.07) is 17.5. The largest absolute Gasteiger partial charge is 0.388 e. The molecule has 0 aliphatic heterocycles. The van der Waals surface area contributed by atoms with E-state index in [9.17, 15) is 5.11 Å². The third-order valence-electron chi connectivity index (χ3n) is 3.23. The summed E-state index contributed by atoms with van der Waals surface area (Å²) in [6.45, 7) is 4.00. The summed E-state index contributed by atoms with van der Waals surface area (Å²) >= 11 is 0. The SMILES string of the molecule is CC(C)C(O)c1ccc(-c2ccc(C#N)cc2)cc1. The average Bonchev–Trinajstić information content (AvgIpc) is 2.46. The molecule has 0 fully saturated rings.